The van der Waals surface area contributed by atoms with Crippen LogP contribution in [0.2, 0.25) is 0 Å². The number of hydrogen-bond donors (Lipinski definition) is 1. The Labute approximate surface area is 111 Å². The number of rotatable bonds is 4. The highest BCUT2D eigenvalue weighted by atomic mass is 15.3. The van der Waals surface area contributed by atoms with Crippen LogP contribution in [0.5, 0.6) is 0 Å². The van der Waals surface area contributed by atoms with Gasteiger partial charge in [-0.1, -0.05) is 33.6 Å². The second-order valence-electron chi connectivity index (χ2n) is 6.29. The smallest absolute Gasteiger partial charge is 0.0796 e. The third-order valence-corrected chi connectivity index (χ3v) is 4.47. The van der Waals surface area contributed by atoms with Gasteiger partial charge in [0.15, 0.2) is 0 Å². The first-order valence-corrected chi connectivity index (χ1v) is 7.27. The van der Waals surface area contributed by atoms with Gasteiger partial charge in [-0.25, -0.2) is 0 Å². The van der Waals surface area contributed by atoms with Crippen LogP contribution in [0.25, 0.3) is 0 Å². The lowest BCUT2D eigenvalue weighted by molar-refractivity contribution is 0.0970. The topological polar surface area (TPSA) is 29.9 Å². The summed E-state index contributed by atoms with van der Waals surface area (Å²) in [4.78, 5) is 0. The molecule has 1 aromatic rings. The Hall–Kier alpha value is -0.830. The molecule has 0 aliphatic heterocycles. The van der Waals surface area contributed by atoms with E-state index in [0.717, 1.165) is 6.54 Å². The van der Waals surface area contributed by atoms with Gasteiger partial charge < -0.3 is 5.32 Å². The minimum absolute atomic E-state index is 0.409. The first kappa shape index (κ1) is 13.6. The van der Waals surface area contributed by atoms with Gasteiger partial charge in [-0.05, 0) is 36.8 Å². The van der Waals surface area contributed by atoms with Crippen LogP contribution < -0.4 is 5.32 Å². The van der Waals surface area contributed by atoms with Crippen LogP contribution in [0.15, 0.2) is 12.3 Å². The normalized spacial score (nSPS) is 25.0. The maximum atomic E-state index is 4.62. The van der Waals surface area contributed by atoms with Crippen molar-refractivity contribution in [1.82, 2.24) is 15.1 Å². The first-order valence-electron chi connectivity index (χ1n) is 7.27. The van der Waals surface area contributed by atoms with Crippen molar-refractivity contribution in [3.63, 3.8) is 0 Å². The van der Waals surface area contributed by atoms with Crippen molar-refractivity contribution < 1.29 is 0 Å². The van der Waals surface area contributed by atoms with Gasteiger partial charge in [-0.3, -0.25) is 4.68 Å². The second kappa shape index (κ2) is 5.43. The van der Waals surface area contributed by atoms with Gasteiger partial charge >= 0.3 is 0 Å². The van der Waals surface area contributed by atoms with E-state index in [-0.39, 0.29) is 0 Å². The summed E-state index contributed by atoms with van der Waals surface area (Å²) >= 11 is 0. The summed E-state index contributed by atoms with van der Waals surface area (Å²) in [5.41, 5.74) is 1.63. The third kappa shape index (κ3) is 2.77. The van der Waals surface area contributed by atoms with Gasteiger partial charge in [0.1, 0.15) is 0 Å². The Kier molecular flexibility index (Phi) is 4.10. The van der Waals surface area contributed by atoms with E-state index >= 15 is 0 Å². The van der Waals surface area contributed by atoms with Crippen LogP contribution in [0.4, 0.5) is 0 Å². The number of nitrogens with one attached hydrogen (secondary N) is 1. The van der Waals surface area contributed by atoms with E-state index in [9.17, 15) is 0 Å². The number of nitrogens with zero attached hydrogens (tertiary/aromatic N) is 2. The van der Waals surface area contributed by atoms with Crippen LogP contribution in [0.1, 0.15) is 58.2 Å². The number of aryl methyl sites for hydroxylation is 1. The van der Waals surface area contributed by atoms with E-state index in [0.29, 0.717) is 17.4 Å². The fraction of sp³-hybridized carbons (Fsp3) is 0.800. The average Bonchev–Trinajstić information content (AvgIpc) is 2.73. The van der Waals surface area contributed by atoms with Gasteiger partial charge in [0.2, 0.25) is 0 Å². The van der Waals surface area contributed by atoms with Crippen LogP contribution >= 0.6 is 0 Å². The van der Waals surface area contributed by atoms with E-state index in [2.05, 4.69) is 43.4 Å². The SMILES string of the molecule is CCNC(c1ccn(C)n1)C1CCCCC1(C)C. The molecule has 102 valence electrons. The molecule has 0 bridgehead atoms. The molecule has 1 N–H and O–H groups in total. The second-order valence-corrected chi connectivity index (χ2v) is 6.29. The molecule has 3 heteroatoms. The summed E-state index contributed by atoms with van der Waals surface area (Å²) in [6, 6.07) is 2.57. The van der Waals surface area contributed by atoms with Gasteiger partial charge in [-0.15, -0.1) is 0 Å². The maximum Gasteiger partial charge on any atom is 0.0796 e. The standard InChI is InChI=1S/C15H27N3/c1-5-16-14(13-9-11-18(4)17-13)12-8-6-7-10-15(12,2)3/h9,11-12,14,16H,5-8,10H2,1-4H3. The molecule has 0 saturated heterocycles. The lowest BCUT2D eigenvalue weighted by Gasteiger charge is -2.43. The Bertz CT molecular complexity index is 381. The quantitative estimate of drug-likeness (QED) is 0.887. The number of hydrogen-bond acceptors (Lipinski definition) is 2. The van der Waals surface area contributed by atoms with Crippen LogP contribution in [0.3, 0.4) is 0 Å². The number of aromatic nitrogens is 2. The molecule has 18 heavy (non-hydrogen) atoms. The van der Waals surface area contributed by atoms with Crippen molar-refractivity contribution >= 4 is 0 Å². The lowest BCUT2D eigenvalue weighted by atomic mass is 9.65. The highest BCUT2D eigenvalue weighted by Gasteiger charge is 2.38. The zero-order valence-corrected chi connectivity index (χ0v) is 12.2. The molecule has 1 saturated carbocycles. The summed E-state index contributed by atoms with van der Waals surface area (Å²) in [5, 5.41) is 8.29. The summed E-state index contributed by atoms with van der Waals surface area (Å²) in [6.45, 7) is 8.04. The molecule has 1 fully saturated rings. The molecular weight excluding hydrogens is 222 g/mol. The molecule has 1 aliphatic rings. The van der Waals surface area contributed by atoms with Crippen molar-refractivity contribution in [2.75, 3.05) is 6.54 Å². The predicted octanol–water partition coefficient (Wildman–Crippen LogP) is 3.29. The lowest BCUT2D eigenvalue weighted by Crippen LogP contribution is -2.39. The Morgan fingerprint density at radius 3 is 2.83 bits per heavy atom. The van der Waals surface area contributed by atoms with Crippen LogP contribution in [-0.2, 0) is 7.05 Å². The molecule has 0 aromatic carbocycles. The fourth-order valence-electron chi connectivity index (χ4n) is 3.41. The molecule has 1 aromatic heterocycles. The zero-order chi connectivity index (χ0) is 13.2. The summed E-state index contributed by atoms with van der Waals surface area (Å²) in [7, 11) is 2.00. The zero-order valence-electron chi connectivity index (χ0n) is 12.2. The maximum absolute atomic E-state index is 4.62. The van der Waals surface area contributed by atoms with Gasteiger partial charge in [0, 0.05) is 13.2 Å². The Morgan fingerprint density at radius 1 is 1.50 bits per heavy atom. The molecule has 2 atom stereocenters. The van der Waals surface area contributed by atoms with Gasteiger partial charge in [-0.2, -0.15) is 5.10 Å². The summed E-state index contributed by atoms with van der Waals surface area (Å²) in [5.74, 6) is 0.695. The highest BCUT2D eigenvalue weighted by molar-refractivity contribution is 5.09. The monoisotopic (exact) mass is 249 g/mol. The average molecular weight is 249 g/mol. The minimum atomic E-state index is 0.409. The Balaban J connectivity index is 2.23. The van der Waals surface area contributed by atoms with E-state index in [1.54, 1.807) is 0 Å². The minimum Gasteiger partial charge on any atom is -0.309 e. The van der Waals surface area contributed by atoms with Crippen molar-refractivity contribution in [3.05, 3.63) is 18.0 Å². The van der Waals surface area contributed by atoms with Gasteiger partial charge in [0.25, 0.3) is 0 Å². The molecule has 0 amide bonds. The predicted molar refractivity (Wildman–Crippen MR) is 75.4 cm³/mol. The van der Waals surface area contributed by atoms with E-state index < -0.39 is 0 Å². The summed E-state index contributed by atoms with van der Waals surface area (Å²) < 4.78 is 1.91. The molecule has 1 aliphatic carbocycles. The molecular formula is C15H27N3. The molecule has 2 unspecified atom stereocenters. The molecule has 0 radical (unpaired) electrons. The summed E-state index contributed by atoms with van der Waals surface area (Å²) in [6.07, 6.45) is 7.45. The largest absolute Gasteiger partial charge is 0.309 e. The van der Waals surface area contributed by atoms with E-state index in [1.165, 1.54) is 31.4 Å². The third-order valence-electron chi connectivity index (χ3n) is 4.47. The highest BCUT2D eigenvalue weighted by Crippen LogP contribution is 2.46. The molecule has 1 heterocycles. The fourth-order valence-corrected chi connectivity index (χ4v) is 3.41. The van der Waals surface area contributed by atoms with Crippen LogP contribution in [0, 0.1) is 11.3 Å². The molecule has 0 spiro atoms. The van der Waals surface area contributed by atoms with E-state index in [4.69, 9.17) is 0 Å². The molecule has 3 nitrogen and oxygen atoms in total. The van der Waals surface area contributed by atoms with Crippen molar-refractivity contribution in [3.8, 4) is 0 Å². The Morgan fingerprint density at radius 2 is 2.28 bits per heavy atom. The van der Waals surface area contributed by atoms with E-state index in [1.807, 2.05) is 11.7 Å². The van der Waals surface area contributed by atoms with Crippen LogP contribution in [-0.4, -0.2) is 16.3 Å². The first-order chi connectivity index (χ1) is 8.54. The van der Waals surface area contributed by atoms with Crippen molar-refractivity contribution in [1.29, 1.82) is 0 Å². The van der Waals surface area contributed by atoms with Crippen molar-refractivity contribution in [2.45, 2.75) is 52.5 Å². The van der Waals surface area contributed by atoms with Crippen molar-refractivity contribution in [2.24, 2.45) is 18.4 Å². The molecule has 2 rings (SSSR count). The van der Waals surface area contributed by atoms with Gasteiger partial charge in [0.05, 0.1) is 11.7 Å².